The van der Waals surface area contributed by atoms with Crippen molar-refractivity contribution in [2.24, 2.45) is 5.73 Å². The van der Waals surface area contributed by atoms with E-state index in [0.717, 1.165) is 25.2 Å². The Labute approximate surface area is 102 Å². The monoisotopic (exact) mass is 229 g/mol. The van der Waals surface area contributed by atoms with Crippen molar-refractivity contribution in [3.8, 4) is 0 Å². The molecule has 0 spiro atoms. The molecule has 3 rings (SSSR count). The fourth-order valence-electron chi connectivity index (χ4n) is 2.74. The highest BCUT2D eigenvalue weighted by Gasteiger charge is 2.18. The second kappa shape index (κ2) is 4.53. The summed E-state index contributed by atoms with van der Waals surface area (Å²) in [5.74, 6) is 0.953. The van der Waals surface area contributed by atoms with Gasteiger partial charge >= 0.3 is 0 Å². The van der Waals surface area contributed by atoms with Gasteiger partial charge in [0.2, 0.25) is 0 Å². The van der Waals surface area contributed by atoms with Gasteiger partial charge in [0.25, 0.3) is 0 Å². The van der Waals surface area contributed by atoms with E-state index < -0.39 is 0 Å². The van der Waals surface area contributed by atoms with Gasteiger partial charge in [0, 0.05) is 0 Å². The van der Waals surface area contributed by atoms with Gasteiger partial charge in [0.15, 0.2) is 0 Å². The Morgan fingerprint density at radius 1 is 1.12 bits per heavy atom. The van der Waals surface area contributed by atoms with E-state index in [1.165, 1.54) is 36.0 Å². The normalized spacial score (nSPS) is 20.4. The Bertz CT molecular complexity index is 450. The summed E-state index contributed by atoms with van der Waals surface area (Å²) >= 11 is 0. The van der Waals surface area contributed by atoms with E-state index in [2.05, 4.69) is 24.3 Å². The van der Waals surface area contributed by atoms with Crippen LogP contribution in [0, 0.1) is 0 Å². The second-order valence-electron chi connectivity index (χ2n) is 4.96. The predicted octanol–water partition coefficient (Wildman–Crippen LogP) is 2.87. The zero-order valence-electron chi connectivity index (χ0n) is 10.1. The lowest BCUT2D eigenvalue weighted by molar-refractivity contribution is 0.176. The molecule has 0 bridgehead atoms. The summed E-state index contributed by atoms with van der Waals surface area (Å²) in [6.07, 6.45) is 8.06. The zero-order chi connectivity index (χ0) is 11.7. The third-order valence-electron chi connectivity index (χ3n) is 3.75. The molecule has 2 nitrogen and oxygen atoms in total. The van der Waals surface area contributed by atoms with Crippen LogP contribution in [0.2, 0.25) is 0 Å². The molecule has 0 radical (unpaired) electrons. The quantitative estimate of drug-likeness (QED) is 0.846. The number of benzene rings is 1. The van der Waals surface area contributed by atoms with E-state index >= 15 is 0 Å². The molecule has 1 aromatic carbocycles. The van der Waals surface area contributed by atoms with Crippen molar-refractivity contribution in [2.75, 3.05) is 6.61 Å². The van der Waals surface area contributed by atoms with E-state index in [0.29, 0.717) is 0 Å². The smallest absolute Gasteiger partial charge is 0.113 e. The first-order valence-electron chi connectivity index (χ1n) is 6.55. The lowest BCUT2D eigenvalue weighted by atomic mass is 9.99. The van der Waals surface area contributed by atoms with Crippen molar-refractivity contribution in [1.29, 1.82) is 0 Å². The number of hydrogen-bond acceptors (Lipinski definition) is 2. The molecule has 1 aliphatic heterocycles. The zero-order valence-corrected chi connectivity index (χ0v) is 10.1. The fourth-order valence-corrected chi connectivity index (χ4v) is 2.74. The SMILES string of the molecule is NC(C1=CCCCO1)c1ccc2c(c1)CCC2. The topological polar surface area (TPSA) is 35.2 Å². The molecular formula is C15H19NO. The Morgan fingerprint density at radius 2 is 2.00 bits per heavy atom. The summed E-state index contributed by atoms with van der Waals surface area (Å²) in [5.41, 5.74) is 10.4. The van der Waals surface area contributed by atoms with Crippen LogP contribution in [0.5, 0.6) is 0 Å². The molecule has 90 valence electrons. The van der Waals surface area contributed by atoms with Crippen molar-refractivity contribution in [3.05, 3.63) is 46.7 Å². The standard InChI is InChI=1S/C15H19NO/c16-15(14-6-1-2-9-17-14)13-8-7-11-4-3-5-12(11)10-13/h6-8,10,15H,1-5,9,16H2. The first-order valence-corrected chi connectivity index (χ1v) is 6.55. The van der Waals surface area contributed by atoms with Crippen molar-refractivity contribution >= 4 is 0 Å². The van der Waals surface area contributed by atoms with Crippen molar-refractivity contribution in [3.63, 3.8) is 0 Å². The number of aryl methyl sites for hydroxylation is 2. The number of rotatable bonds is 2. The van der Waals surface area contributed by atoms with Gasteiger partial charge in [0.05, 0.1) is 12.6 Å². The number of fused-ring (bicyclic) bond motifs is 1. The molecule has 0 fully saturated rings. The Hall–Kier alpha value is -1.28. The van der Waals surface area contributed by atoms with Crippen LogP contribution in [0.4, 0.5) is 0 Å². The maximum absolute atomic E-state index is 6.27. The van der Waals surface area contributed by atoms with Crippen LogP contribution in [-0.4, -0.2) is 6.61 Å². The molecule has 2 aliphatic rings. The summed E-state index contributed by atoms with van der Waals surface area (Å²) in [6, 6.07) is 6.58. The molecule has 1 unspecified atom stereocenters. The fraction of sp³-hybridized carbons (Fsp3) is 0.467. The van der Waals surface area contributed by atoms with Crippen molar-refractivity contribution < 1.29 is 4.74 Å². The minimum atomic E-state index is -0.0822. The lowest BCUT2D eigenvalue weighted by Crippen LogP contribution is -2.18. The molecule has 1 atom stereocenters. The molecule has 0 aromatic heterocycles. The van der Waals surface area contributed by atoms with Crippen LogP contribution in [0.1, 0.15) is 42.0 Å². The van der Waals surface area contributed by atoms with Gasteiger partial charge in [-0.1, -0.05) is 18.2 Å². The van der Waals surface area contributed by atoms with Gasteiger partial charge in [-0.05, 0) is 54.9 Å². The van der Waals surface area contributed by atoms with E-state index in [9.17, 15) is 0 Å². The number of nitrogens with two attached hydrogens (primary N) is 1. The van der Waals surface area contributed by atoms with Gasteiger partial charge in [-0.2, -0.15) is 0 Å². The summed E-state index contributed by atoms with van der Waals surface area (Å²) in [6.45, 7) is 0.810. The van der Waals surface area contributed by atoms with Crippen LogP contribution in [0.15, 0.2) is 30.0 Å². The highest BCUT2D eigenvalue weighted by atomic mass is 16.5. The van der Waals surface area contributed by atoms with Gasteiger partial charge in [0.1, 0.15) is 5.76 Å². The summed E-state index contributed by atoms with van der Waals surface area (Å²) in [5, 5.41) is 0. The largest absolute Gasteiger partial charge is 0.496 e. The van der Waals surface area contributed by atoms with Gasteiger partial charge in [-0.3, -0.25) is 0 Å². The average molecular weight is 229 g/mol. The van der Waals surface area contributed by atoms with Crippen molar-refractivity contribution in [2.45, 2.75) is 38.1 Å². The highest BCUT2D eigenvalue weighted by Crippen LogP contribution is 2.28. The average Bonchev–Trinajstić information content (AvgIpc) is 2.86. The molecule has 1 aromatic rings. The van der Waals surface area contributed by atoms with Crippen LogP contribution >= 0.6 is 0 Å². The summed E-state index contributed by atoms with van der Waals surface area (Å²) in [7, 11) is 0. The second-order valence-corrected chi connectivity index (χ2v) is 4.96. The maximum Gasteiger partial charge on any atom is 0.113 e. The van der Waals surface area contributed by atoms with Crippen LogP contribution in [0.3, 0.4) is 0 Å². The Kier molecular flexibility index (Phi) is 2.89. The first-order chi connectivity index (χ1) is 8.34. The molecular weight excluding hydrogens is 210 g/mol. The predicted molar refractivity (Wildman–Crippen MR) is 68.7 cm³/mol. The Balaban J connectivity index is 1.86. The Morgan fingerprint density at radius 3 is 2.82 bits per heavy atom. The third kappa shape index (κ3) is 2.09. The molecule has 1 aliphatic carbocycles. The van der Waals surface area contributed by atoms with Crippen molar-refractivity contribution in [1.82, 2.24) is 0 Å². The van der Waals surface area contributed by atoms with Gasteiger partial charge in [-0.15, -0.1) is 0 Å². The van der Waals surface area contributed by atoms with Gasteiger partial charge < -0.3 is 10.5 Å². The highest BCUT2D eigenvalue weighted by molar-refractivity contribution is 5.38. The van der Waals surface area contributed by atoms with Crippen LogP contribution < -0.4 is 5.73 Å². The van der Waals surface area contributed by atoms with E-state index in [-0.39, 0.29) is 6.04 Å². The minimum Gasteiger partial charge on any atom is -0.496 e. The number of hydrogen-bond donors (Lipinski definition) is 1. The third-order valence-corrected chi connectivity index (χ3v) is 3.75. The number of ether oxygens (including phenoxy) is 1. The number of allylic oxidation sites excluding steroid dienone is 1. The van der Waals surface area contributed by atoms with E-state index in [1.807, 2.05) is 0 Å². The molecule has 0 saturated carbocycles. The molecule has 0 saturated heterocycles. The molecule has 17 heavy (non-hydrogen) atoms. The van der Waals surface area contributed by atoms with Crippen LogP contribution in [0.25, 0.3) is 0 Å². The first kappa shape index (κ1) is 10.8. The molecule has 2 N–H and O–H groups in total. The van der Waals surface area contributed by atoms with Crippen LogP contribution in [-0.2, 0) is 17.6 Å². The molecule has 2 heteroatoms. The van der Waals surface area contributed by atoms with E-state index in [1.54, 1.807) is 0 Å². The van der Waals surface area contributed by atoms with E-state index in [4.69, 9.17) is 10.5 Å². The molecule has 1 heterocycles. The summed E-state index contributed by atoms with van der Waals surface area (Å²) < 4.78 is 5.65. The van der Waals surface area contributed by atoms with Gasteiger partial charge in [-0.25, -0.2) is 0 Å². The minimum absolute atomic E-state index is 0.0822. The molecule has 0 amide bonds. The summed E-state index contributed by atoms with van der Waals surface area (Å²) in [4.78, 5) is 0. The lowest BCUT2D eigenvalue weighted by Gasteiger charge is -2.21. The maximum atomic E-state index is 6.27.